The van der Waals surface area contributed by atoms with Gasteiger partial charge in [0.15, 0.2) is 12.3 Å². The SMILES string of the molecule is CO/N=C(/CO/N=C\c1ccccc1OC)C(=O)N[C@@H]1C(=O)N(S(=O)(=O)O)[C@H]1C. The highest BCUT2D eigenvalue weighted by Gasteiger charge is 2.51. The van der Waals surface area contributed by atoms with Crippen molar-refractivity contribution in [1.29, 1.82) is 0 Å². The standard InChI is InChI=1S/C16H20N4O8S/c1-10-14(16(22)20(10)29(23,24)25)18-15(21)12(19-27-3)9-28-17-8-11-6-4-5-7-13(11)26-2/h4-8,10,14H,9H2,1-3H3,(H,18,21)(H,23,24,25)/b17-8-,19-12-/t10-,14-/m0/s1. The third-order valence-corrected chi connectivity index (χ3v) is 4.95. The van der Waals surface area contributed by atoms with Gasteiger partial charge in [-0.25, -0.2) is 4.31 Å². The molecule has 1 fully saturated rings. The van der Waals surface area contributed by atoms with Crippen LogP contribution in [0.25, 0.3) is 0 Å². The number of benzene rings is 1. The topological polar surface area (TPSA) is 156 Å². The molecule has 1 saturated heterocycles. The molecule has 158 valence electrons. The van der Waals surface area contributed by atoms with Crippen LogP contribution in [0.4, 0.5) is 0 Å². The van der Waals surface area contributed by atoms with Gasteiger partial charge in [-0.05, 0) is 19.1 Å². The summed E-state index contributed by atoms with van der Waals surface area (Å²) >= 11 is 0. The Morgan fingerprint density at radius 3 is 2.62 bits per heavy atom. The van der Waals surface area contributed by atoms with Crippen LogP contribution in [0.3, 0.4) is 0 Å². The van der Waals surface area contributed by atoms with Crippen LogP contribution in [0.1, 0.15) is 12.5 Å². The van der Waals surface area contributed by atoms with E-state index in [1.165, 1.54) is 27.4 Å². The molecule has 2 amide bonds. The quantitative estimate of drug-likeness (QED) is 0.232. The van der Waals surface area contributed by atoms with Gasteiger partial charge < -0.3 is 19.7 Å². The second-order valence-electron chi connectivity index (χ2n) is 5.77. The third kappa shape index (κ3) is 5.20. The van der Waals surface area contributed by atoms with Crippen LogP contribution >= 0.6 is 0 Å². The maximum absolute atomic E-state index is 12.3. The first kappa shape index (κ1) is 22.1. The summed E-state index contributed by atoms with van der Waals surface area (Å²) in [7, 11) is -1.97. The fourth-order valence-electron chi connectivity index (χ4n) is 2.54. The second-order valence-corrected chi connectivity index (χ2v) is 7.06. The van der Waals surface area contributed by atoms with Gasteiger partial charge >= 0.3 is 10.3 Å². The van der Waals surface area contributed by atoms with E-state index in [9.17, 15) is 18.0 Å². The van der Waals surface area contributed by atoms with Crippen LogP contribution < -0.4 is 10.1 Å². The van der Waals surface area contributed by atoms with E-state index in [4.69, 9.17) is 14.1 Å². The minimum absolute atomic E-state index is 0.241. The number of β-lactam (4-membered cyclic amide) rings is 1. The van der Waals surface area contributed by atoms with Gasteiger partial charge in [0.2, 0.25) is 0 Å². The first-order chi connectivity index (χ1) is 13.7. The average Bonchev–Trinajstić information content (AvgIpc) is 2.67. The molecule has 13 heteroatoms. The normalized spacial score (nSPS) is 19.7. The Kier molecular flexibility index (Phi) is 7.12. The van der Waals surface area contributed by atoms with Gasteiger partial charge in [-0.1, -0.05) is 22.4 Å². The summed E-state index contributed by atoms with van der Waals surface area (Å²) in [6.45, 7) is 0.962. The molecule has 0 bridgehead atoms. The number of hydrogen-bond acceptors (Lipinski definition) is 9. The summed E-state index contributed by atoms with van der Waals surface area (Å²) in [6.07, 6.45) is 1.38. The zero-order chi connectivity index (χ0) is 21.6. The number of nitrogens with zero attached hydrogens (tertiary/aromatic N) is 3. The van der Waals surface area contributed by atoms with Gasteiger partial charge in [0.05, 0.1) is 19.4 Å². The summed E-state index contributed by atoms with van der Waals surface area (Å²) in [6, 6.07) is 4.93. The van der Waals surface area contributed by atoms with E-state index in [-0.39, 0.29) is 16.6 Å². The molecular weight excluding hydrogens is 408 g/mol. The Labute approximate surface area is 167 Å². The minimum Gasteiger partial charge on any atom is -0.496 e. The number of para-hydroxylation sites is 1. The van der Waals surface area contributed by atoms with Crippen LogP contribution in [-0.4, -0.2) is 73.9 Å². The number of nitrogens with one attached hydrogen (secondary N) is 1. The van der Waals surface area contributed by atoms with E-state index >= 15 is 0 Å². The van der Waals surface area contributed by atoms with Crippen LogP contribution in [0.15, 0.2) is 34.6 Å². The molecule has 1 aliphatic heterocycles. The number of amides is 2. The van der Waals surface area contributed by atoms with E-state index < -0.39 is 34.2 Å². The van der Waals surface area contributed by atoms with Gasteiger partial charge in [-0.2, -0.15) is 8.42 Å². The smallest absolute Gasteiger partial charge is 0.362 e. The highest BCUT2D eigenvalue weighted by atomic mass is 32.2. The Hall–Kier alpha value is -3.19. The Morgan fingerprint density at radius 2 is 2.03 bits per heavy atom. The lowest BCUT2D eigenvalue weighted by Gasteiger charge is -2.42. The fraction of sp³-hybridized carbons (Fsp3) is 0.375. The predicted molar refractivity (Wildman–Crippen MR) is 101 cm³/mol. The van der Waals surface area contributed by atoms with Crippen molar-refractivity contribution < 1.29 is 37.0 Å². The molecule has 0 unspecified atom stereocenters. The van der Waals surface area contributed by atoms with Gasteiger partial charge in [0, 0.05) is 5.56 Å². The van der Waals surface area contributed by atoms with E-state index in [0.29, 0.717) is 11.3 Å². The molecule has 2 rings (SSSR count). The van der Waals surface area contributed by atoms with Gasteiger partial charge in [0.1, 0.15) is 18.9 Å². The van der Waals surface area contributed by atoms with E-state index in [1.807, 2.05) is 0 Å². The molecule has 2 atom stereocenters. The molecule has 1 heterocycles. The van der Waals surface area contributed by atoms with Crippen molar-refractivity contribution in [3.63, 3.8) is 0 Å². The molecule has 0 aliphatic carbocycles. The molecule has 1 aliphatic rings. The zero-order valence-corrected chi connectivity index (χ0v) is 16.6. The van der Waals surface area contributed by atoms with Crippen LogP contribution in [-0.2, 0) is 29.6 Å². The summed E-state index contributed by atoms with van der Waals surface area (Å²) in [5.74, 6) is -1.22. The number of carbonyl (C=O) groups is 2. The maximum atomic E-state index is 12.3. The summed E-state index contributed by atoms with van der Waals surface area (Å²) < 4.78 is 36.6. The van der Waals surface area contributed by atoms with Crippen molar-refractivity contribution in [2.45, 2.75) is 19.0 Å². The first-order valence-electron chi connectivity index (χ1n) is 8.20. The summed E-state index contributed by atoms with van der Waals surface area (Å²) in [5.41, 5.74) is 0.402. The molecule has 2 N–H and O–H groups in total. The van der Waals surface area contributed by atoms with Crippen molar-refractivity contribution in [3.8, 4) is 5.75 Å². The molecule has 0 spiro atoms. The minimum atomic E-state index is -4.69. The molecule has 1 aromatic rings. The van der Waals surface area contributed by atoms with Gasteiger partial charge in [-0.3, -0.25) is 14.1 Å². The van der Waals surface area contributed by atoms with E-state index in [0.717, 1.165) is 0 Å². The molecule has 1 aromatic carbocycles. The Morgan fingerprint density at radius 1 is 1.34 bits per heavy atom. The summed E-state index contributed by atoms with van der Waals surface area (Å²) in [4.78, 5) is 33.8. The molecule has 0 radical (unpaired) electrons. The van der Waals surface area contributed by atoms with Gasteiger partial charge in [0.25, 0.3) is 11.8 Å². The molecule has 29 heavy (non-hydrogen) atoms. The van der Waals surface area contributed by atoms with Crippen molar-refractivity contribution in [2.75, 3.05) is 20.8 Å². The second kappa shape index (κ2) is 9.34. The number of methoxy groups -OCH3 is 1. The molecular formula is C16H20N4O8S. The molecule has 12 nitrogen and oxygen atoms in total. The third-order valence-electron chi connectivity index (χ3n) is 3.94. The first-order valence-corrected chi connectivity index (χ1v) is 9.60. The number of hydrogen-bond donors (Lipinski definition) is 2. The van der Waals surface area contributed by atoms with E-state index in [2.05, 4.69) is 20.5 Å². The van der Waals surface area contributed by atoms with E-state index in [1.54, 1.807) is 24.3 Å². The number of rotatable bonds is 9. The maximum Gasteiger partial charge on any atom is 0.362 e. The molecule has 0 aromatic heterocycles. The van der Waals surface area contributed by atoms with Crippen LogP contribution in [0.2, 0.25) is 0 Å². The van der Waals surface area contributed by atoms with Crippen molar-refractivity contribution in [2.24, 2.45) is 10.3 Å². The number of carbonyl (C=O) groups excluding carboxylic acids is 2. The Balaban J connectivity index is 1.96. The highest BCUT2D eigenvalue weighted by molar-refractivity contribution is 7.84. The number of oxime groups is 2. The lowest BCUT2D eigenvalue weighted by atomic mass is 10.0. The predicted octanol–water partition coefficient (Wildman–Crippen LogP) is -0.434. The summed E-state index contributed by atoms with van der Waals surface area (Å²) in [5, 5.41) is 9.56. The van der Waals surface area contributed by atoms with Crippen molar-refractivity contribution in [3.05, 3.63) is 29.8 Å². The number of ether oxygens (including phenoxy) is 1. The van der Waals surface area contributed by atoms with Crippen molar-refractivity contribution >= 4 is 34.0 Å². The largest absolute Gasteiger partial charge is 0.496 e. The van der Waals surface area contributed by atoms with Gasteiger partial charge in [-0.15, -0.1) is 0 Å². The average molecular weight is 428 g/mol. The fourth-order valence-corrected chi connectivity index (χ4v) is 3.42. The van der Waals surface area contributed by atoms with Crippen LogP contribution in [0, 0.1) is 0 Å². The van der Waals surface area contributed by atoms with Crippen LogP contribution in [0.5, 0.6) is 5.75 Å². The Bertz CT molecular complexity index is 931. The highest BCUT2D eigenvalue weighted by Crippen LogP contribution is 2.22. The lowest BCUT2D eigenvalue weighted by Crippen LogP contribution is -2.71. The molecule has 0 saturated carbocycles. The zero-order valence-electron chi connectivity index (χ0n) is 15.8. The van der Waals surface area contributed by atoms with Crippen molar-refractivity contribution in [1.82, 2.24) is 9.62 Å². The monoisotopic (exact) mass is 428 g/mol. The lowest BCUT2D eigenvalue weighted by molar-refractivity contribution is -0.144.